The lowest BCUT2D eigenvalue weighted by molar-refractivity contribution is 0.0979. The van der Waals surface area contributed by atoms with Gasteiger partial charge in [-0.25, -0.2) is 13.4 Å². The number of hydrogen-bond acceptors (Lipinski definition) is 4. The number of amides is 1. The normalized spacial score (nSPS) is 10.5. The molecule has 1 aromatic rings. The first-order valence-electron chi connectivity index (χ1n) is 2.53. The largest absolute Gasteiger partial charge is 0.364 e. The maximum absolute atomic E-state index is 11.9. The van der Waals surface area contributed by atoms with Crippen molar-refractivity contribution in [1.29, 1.82) is 0 Å². The molecule has 2 N–H and O–H groups in total. The Balaban J connectivity index is 3.06. The Hall–Kier alpha value is -1.53. The molecule has 0 unspecified atom stereocenters. The fraction of sp³-hybridized carbons (Fsp3) is 0.250. The molecule has 0 bridgehead atoms. The highest BCUT2D eigenvalue weighted by Crippen LogP contribution is 2.18. The van der Waals surface area contributed by atoms with Crippen molar-refractivity contribution in [3.8, 4) is 0 Å². The van der Waals surface area contributed by atoms with Crippen molar-refractivity contribution in [2.45, 2.75) is 6.43 Å². The number of carbonyl (C=O) groups excluding carboxylic acids is 1. The van der Waals surface area contributed by atoms with Gasteiger partial charge in [0, 0.05) is 0 Å². The fourth-order valence-electron chi connectivity index (χ4n) is 0.510. The summed E-state index contributed by atoms with van der Waals surface area (Å²) in [5.74, 6) is -1.08. The smallest absolute Gasteiger partial charge is 0.286 e. The van der Waals surface area contributed by atoms with Gasteiger partial charge in [-0.05, 0) is 10.3 Å². The predicted molar refractivity (Wildman–Crippen MR) is 27.8 cm³/mol. The molecule has 0 fully saturated rings. The van der Waals surface area contributed by atoms with Gasteiger partial charge in [0.05, 0.1) is 0 Å². The molecule has 0 spiro atoms. The quantitative estimate of drug-likeness (QED) is 0.670. The summed E-state index contributed by atoms with van der Waals surface area (Å²) in [5.41, 5.74) is 3.22. The topological polar surface area (TPSA) is 82.0 Å². The predicted octanol–water partition coefficient (Wildman–Crippen LogP) is 0.106. The van der Waals surface area contributed by atoms with E-state index in [4.69, 9.17) is 0 Å². The molecule has 0 aliphatic rings. The Kier molecular flexibility index (Phi) is 1.79. The number of halogens is 2. The van der Waals surface area contributed by atoms with Crippen LogP contribution in [0.3, 0.4) is 0 Å². The molecular formula is C4H3F2N3O2. The number of aromatic nitrogens is 2. The highest BCUT2D eigenvalue weighted by molar-refractivity contribution is 5.91. The van der Waals surface area contributed by atoms with E-state index < -0.39 is 23.7 Å². The number of rotatable bonds is 2. The zero-order valence-corrected chi connectivity index (χ0v) is 5.12. The molecular weight excluding hydrogens is 160 g/mol. The van der Waals surface area contributed by atoms with Crippen LogP contribution in [-0.4, -0.2) is 16.2 Å². The van der Waals surface area contributed by atoms with Gasteiger partial charge in [0.25, 0.3) is 12.3 Å². The number of nitrogens with two attached hydrogens (primary N) is 1. The maximum atomic E-state index is 11.9. The average Bonchev–Trinajstić information content (AvgIpc) is 2.32. The second-order valence-corrected chi connectivity index (χ2v) is 1.66. The lowest BCUT2D eigenvalue weighted by Crippen LogP contribution is -2.14. The third-order valence-electron chi connectivity index (χ3n) is 0.954. The average molecular weight is 163 g/mol. The number of carbonyl (C=O) groups is 1. The highest BCUT2D eigenvalue weighted by atomic mass is 19.3. The van der Waals surface area contributed by atoms with Gasteiger partial charge in [-0.2, -0.15) is 0 Å². The summed E-state index contributed by atoms with van der Waals surface area (Å²) in [6.45, 7) is 0. The molecule has 0 aliphatic heterocycles. The highest BCUT2D eigenvalue weighted by Gasteiger charge is 2.22. The lowest BCUT2D eigenvalue weighted by Gasteiger charge is -1.90. The molecule has 0 saturated heterocycles. The second-order valence-electron chi connectivity index (χ2n) is 1.66. The van der Waals surface area contributed by atoms with E-state index in [-0.39, 0.29) is 0 Å². The van der Waals surface area contributed by atoms with Crippen LogP contribution in [0.2, 0.25) is 0 Å². The maximum Gasteiger partial charge on any atom is 0.286 e. The molecule has 1 aromatic heterocycles. The third-order valence-corrected chi connectivity index (χ3v) is 0.954. The Labute approximate surface area is 59.1 Å². The Morgan fingerprint density at radius 3 is 2.55 bits per heavy atom. The van der Waals surface area contributed by atoms with Gasteiger partial charge < -0.3 is 5.73 Å². The summed E-state index contributed by atoms with van der Waals surface area (Å²) in [7, 11) is 0. The van der Waals surface area contributed by atoms with Gasteiger partial charge in [-0.3, -0.25) is 4.79 Å². The summed E-state index contributed by atoms with van der Waals surface area (Å²) in [6, 6.07) is 0. The van der Waals surface area contributed by atoms with Gasteiger partial charge in [0.15, 0.2) is 5.69 Å². The van der Waals surface area contributed by atoms with Crippen molar-refractivity contribution in [2.75, 3.05) is 0 Å². The van der Waals surface area contributed by atoms with Crippen LogP contribution >= 0.6 is 0 Å². The molecule has 0 aromatic carbocycles. The van der Waals surface area contributed by atoms with Crippen molar-refractivity contribution >= 4 is 5.91 Å². The molecule has 1 amide bonds. The van der Waals surface area contributed by atoms with E-state index in [1.807, 2.05) is 0 Å². The summed E-state index contributed by atoms with van der Waals surface area (Å²) in [5, 5.41) is 5.70. The van der Waals surface area contributed by atoms with Crippen LogP contribution in [0.5, 0.6) is 0 Å². The fourth-order valence-corrected chi connectivity index (χ4v) is 0.510. The van der Waals surface area contributed by atoms with Gasteiger partial charge in [0.2, 0.25) is 5.69 Å². The summed E-state index contributed by atoms with van der Waals surface area (Å²) in [4.78, 5) is 10.3. The van der Waals surface area contributed by atoms with Crippen LogP contribution in [0.4, 0.5) is 8.78 Å². The van der Waals surface area contributed by atoms with E-state index in [1.165, 1.54) is 0 Å². The van der Waals surface area contributed by atoms with Crippen molar-refractivity contribution in [3.63, 3.8) is 0 Å². The third kappa shape index (κ3) is 1.31. The zero-order valence-electron chi connectivity index (χ0n) is 5.12. The van der Waals surface area contributed by atoms with Crippen LogP contribution in [0.25, 0.3) is 0 Å². The van der Waals surface area contributed by atoms with E-state index in [0.29, 0.717) is 0 Å². The minimum atomic E-state index is -2.90. The van der Waals surface area contributed by atoms with Crippen LogP contribution in [0, 0.1) is 0 Å². The molecule has 0 atom stereocenters. The number of primary amides is 1. The second kappa shape index (κ2) is 2.60. The van der Waals surface area contributed by atoms with Crippen LogP contribution in [0.1, 0.15) is 22.6 Å². The standard InChI is InChI=1S/C4H3F2N3O2/c5-3(6)1-2(4(7)10)9-11-8-1/h3H,(H2,7,10). The summed E-state index contributed by atoms with van der Waals surface area (Å²) >= 11 is 0. The van der Waals surface area contributed by atoms with Crippen molar-refractivity contribution < 1.29 is 18.2 Å². The molecule has 7 heteroatoms. The molecule has 1 rings (SSSR count). The van der Waals surface area contributed by atoms with E-state index in [2.05, 4.69) is 20.7 Å². The monoisotopic (exact) mass is 163 g/mol. The molecule has 60 valence electrons. The van der Waals surface area contributed by atoms with Gasteiger partial charge in [-0.15, -0.1) is 0 Å². The van der Waals surface area contributed by atoms with E-state index in [0.717, 1.165) is 0 Å². The van der Waals surface area contributed by atoms with Gasteiger partial charge >= 0.3 is 0 Å². The van der Waals surface area contributed by atoms with Gasteiger partial charge in [-0.1, -0.05) is 0 Å². The number of nitrogens with zero attached hydrogens (tertiary/aromatic N) is 2. The first-order chi connectivity index (χ1) is 5.13. The Morgan fingerprint density at radius 2 is 2.18 bits per heavy atom. The molecule has 0 aliphatic carbocycles. The SMILES string of the molecule is NC(=O)c1nonc1C(F)F. The van der Waals surface area contributed by atoms with E-state index >= 15 is 0 Å². The van der Waals surface area contributed by atoms with Gasteiger partial charge in [0.1, 0.15) is 0 Å². The molecule has 1 heterocycles. The van der Waals surface area contributed by atoms with Crippen LogP contribution < -0.4 is 5.73 Å². The van der Waals surface area contributed by atoms with Crippen molar-refractivity contribution in [1.82, 2.24) is 10.3 Å². The summed E-state index contributed by atoms with van der Waals surface area (Å²) in [6.07, 6.45) is -2.90. The lowest BCUT2D eigenvalue weighted by atomic mass is 10.3. The first kappa shape index (κ1) is 7.58. The Bertz CT molecular complexity index is 272. The van der Waals surface area contributed by atoms with E-state index in [9.17, 15) is 13.6 Å². The first-order valence-corrected chi connectivity index (χ1v) is 2.53. The minimum absolute atomic E-state index is 0.625. The minimum Gasteiger partial charge on any atom is -0.364 e. The molecule has 5 nitrogen and oxygen atoms in total. The van der Waals surface area contributed by atoms with Crippen molar-refractivity contribution in [2.24, 2.45) is 5.73 Å². The zero-order chi connectivity index (χ0) is 8.43. The molecule has 0 radical (unpaired) electrons. The van der Waals surface area contributed by atoms with Crippen LogP contribution in [-0.2, 0) is 0 Å². The summed E-state index contributed by atoms with van der Waals surface area (Å²) < 4.78 is 27.6. The van der Waals surface area contributed by atoms with E-state index in [1.54, 1.807) is 0 Å². The van der Waals surface area contributed by atoms with Crippen molar-refractivity contribution in [3.05, 3.63) is 11.4 Å². The number of alkyl halides is 2. The molecule has 0 saturated carbocycles. The Morgan fingerprint density at radius 1 is 1.55 bits per heavy atom. The molecule has 11 heavy (non-hydrogen) atoms. The number of hydrogen-bond donors (Lipinski definition) is 1. The van der Waals surface area contributed by atoms with Crippen LogP contribution in [0.15, 0.2) is 4.63 Å².